The molecule has 0 amide bonds. The highest BCUT2D eigenvalue weighted by molar-refractivity contribution is 7.25. The van der Waals surface area contributed by atoms with Gasteiger partial charge in [0.1, 0.15) is 16.6 Å². The molecule has 0 atom stereocenters. The normalized spacial score (nSPS) is 10.2. The highest BCUT2D eigenvalue weighted by atomic mass is 32.1. The molecule has 5 N–H and O–H groups in total. The number of anilines is 4. The maximum absolute atomic E-state index is 9.01. The van der Waals surface area contributed by atoms with Crippen molar-refractivity contribution in [1.82, 2.24) is 10.2 Å². The third-order valence-corrected chi connectivity index (χ3v) is 4.76. The number of benzene rings is 1. The maximum atomic E-state index is 9.01. The smallest absolute Gasteiger partial charge is 0.210 e. The van der Waals surface area contributed by atoms with E-state index in [1.54, 1.807) is 0 Å². The zero-order valence-corrected chi connectivity index (χ0v) is 12.3. The summed E-state index contributed by atoms with van der Waals surface area (Å²) >= 11 is 2.61. The first kappa shape index (κ1) is 13.4. The quantitative estimate of drug-likeness (QED) is 0.684. The molecule has 0 aliphatic carbocycles. The second kappa shape index (κ2) is 5.40. The summed E-state index contributed by atoms with van der Waals surface area (Å²) in [5.74, 6) is 0. The Morgan fingerprint density at radius 2 is 1.86 bits per heavy atom. The van der Waals surface area contributed by atoms with Crippen LogP contribution in [-0.4, -0.2) is 10.2 Å². The van der Waals surface area contributed by atoms with Crippen LogP contribution in [0.5, 0.6) is 0 Å². The van der Waals surface area contributed by atoms with Gasteiger partial charge in [-0.2, -0.15) is 5.26 Å². The molecule has 0 spiro atoms. The average Bonchev–Trinajstić information content (AvgIpc) is 3.05. The lowest BCUT2D eigenvalue weighted by Crippen LogP contribution is -1.90. The predicted molar refractivity (Wildman–Crippen MR) is 86.5 cm³/mol. The van der Waals surface area contributed by atoms with Crippen LogP contribution in [0.2, 0.25) is 0 Å². The van der Waals surface area contributed by atoms with Crippen LogP contribution < -0.4 is 16.8 Å². The molecule has 8 heteroatoms. The summed E-state index contributed by atoms with van der Waals surface area (Å²) in [7, 11) is 0. The Hall–Kier alpha value is -2.63. The fourth-order valence-corrected chi connectivity index (χ4v) is 3.53. The number of nitriles is 1. The van der Waals surface area contributed by atoms with Crippen molar-refractivity contribution < 1.29 is 0 Å². The minimum Gasteiger partial charge on any atom is -0.396 e. The van der Waals surface area contributed by atoms with Gasteiger partial charge < -0.3 is 16.8 Å². The molecule has 6 nitrogen and oxygen atoms in total. The molecule has 104 valence electrons. The fraction of sp³-hybridized carbons (Fsp3) is 0. The topological polar surface area (TPSA) is 114 Å². The second-order valence-electron chi connectivity index (χ2n) is 4.10. The molecule has 0 aliphatic rings. The van der Waals surface area contributed by atoms with E-state index in [9.17, 15) is 0 Å². The molecule has 0 aliphatic heterocycles. The van der Waals surface area contributed by atoms with Gasteiger partial charge in [-0.15, -0.1) is 21.5 Å². The summed E-state index contributed by atoms with van der Waals surface area (Å²) in [6.07, 6.45) is 0. The van der Waals surface area contributed by atoms with Gasteiger partial charge in [-0.3, -0.25) is 0 Å². The Morgan fingerprint density at radius 3 is 2.52 bits per heavy atom. The van der Waals surface area contributed by atoms with Crippen molar-refractivity contribution >= 4 is 44.2 Å². The van der Waals surface area contributed by atoms with Crippen LogP contribution in [0.3, 0.4) is 0 Å². The zero-order chi connectivity index (χ0) is 14.8. The maximum Gasteiger partial charge on any atom is 0.210 e. The third-order valence-electron chi connectivity index (χ3n) is 2.73. The molecular weight excluding hydrogens is 304 g/mol. The largest absolute Gasteiger partial charge is 0.396 e. The number of nitrogens with one attached hydrogen (secondary N) is 1. The van der Waals surface area contributed by atoms with Gasteiger partial charge in [-0.05, 0) is 12.1 Å². The lowest BCUT2D eigenvalue weighted by Gasteiger charge is -1.99. The van der Waals surface area contributed by atoms with E-state index in [0.29, 0.717) is 31.3 Å². The van der Waals surface area contributed by atoms with Crippen molar-refractivity contribution in [2.45, 2.75) is 0 Å². The molecule has 0 saturated heterocycles. The molecule has 3 aromatic rings. The van der Waals surface area contributed by atoms with Gasteiger partial charge in [0.2, 0.25) is 5.13 Å². The molecule has 2 aromatic heterocycles. The Morgan fingerprint density at radius 1 is 1.10 bits per heavy atom. The molecule has 0 bridgehead atoms. The van der Waals surface area contributed by atoms with Crippen molar-refractivity contribution in [3.8, 4) is 16.0 Å². The number of aromatic nitrogens is 2. The van der Waals surface area contributed by atoms with Crippen LogP contribution >= 0.6 is 22.7 Å². The van der Waals surface area contributed by atoms with E-state index in [0.717, 1.165) is 5.69 Å². The lowest BCUT2D eigenvalue weighted by atomic mass is 10.2. The van der Waals surface area contributed by atoms with Gasteiger partial charge in [0, 0.05) is 5.69 Å². The van der Waals surface area contributed by atoms with Gasteiger partial charge in [-0.1, -0.05) is 29.5 Å². The molecule has 0 saturated carbocycles. The minimum atomic E-state index is 0.308. The van der Waals surface area contributed by atoms with E-state index < -0.39 is 0 Å². The summed E-state index contributed by atoms with van der Waals surface area (Å²) in [6, 6.07) is 11.7. The van der Waals surface area contributed by atoms with E-state index >= 15 is 0 Å². The van der Waals surface area contributed by atoms with Crippen LogP contribution in [0.15, 0.2) is 30.3 Å². The summed E-state index contributed by atoms with van der Waals surface area (Å²) in [4.78, 5) is 0.683. The number of rotatable bonds is 3. The first-order valence-electron chi connectivity index (χ1n) is 5.93. The minimum absolute atomic E-state index is 0.308. The van der Waals surface area contributed by atoms with Crippen molar-refractivity contribution in [1.29, 1.82) is 5.26 Å². The Balaban J connectivity index is 1.91. The highest BCUT2D eigenvalue weighted by Gasteiger charge is 2.18. The van der Waals surface area contributed by atoms with Crippen molar-refractivity contribution in [3.05, 3.63) is 35.9 Å². The van der Waals surface area contributed by atoms with Crippen molar-refractivity contribution in [2.75, 3.05) is 16.8 Å². The fourth-order valence-electron chi connectivity index (χ4n) is 1.75. The van der Waals surface area contributed by atoms with E-state index in [2.05, 4.69) is 15.5 Å². The van der Waals surface area contributed by atoms with Crippen LogP contribution in [0, 0.1) is 11.3 Å². The summed E-state index contributed by atoms with van der Waals surface area (Å²) in [5, 5.41) is 22.1. The van der Waals surface area contributed by atoms with Crippen LogP contribution in [0.4, 0.5) is 21.5 Å². The number of nitrogens with zero attached hydrogens (tertiary/aromatic N) is 3. The molecule has 0 fully saturated rings. The molecule has 3 rings (SSSR count). The van der Waals surface area contributed by atoms with Crippen molar-refractivity contribution in [2.24, 2.45) is 0 Å². The average molecular weight is 314 g/mol. The van der Waals surface area contributed by atoms with Gasteiger partial charge in [0.25, 0.3) is 0 Å². The number of hydrogen-bond donors (Lipinski definition) is 3. The number of nitrogens with two attached hydrogens (primary N) is 2. The monoisotopic (exact) mass is 314 g/mol. The molecule has 1 aromatic carbocycles. The zero-order valence-electron chi connectivity index (χ0n) is 10.7. The summed E-state index contributed by atoms with van der Waals surface area (Å²) < 4.78 is 0. The third kappa shape index (κ3) is 2.52. The Labute approximate surface area is 128 Å². The first-order chi connectivity index (χ1) is 10.2. The molecule has 0 radical (unpaired) electrons. The number of hydrogen-bond acceptors (Lipinski definition) is 8. The molecule has 0 unspecified atom stereocenters. The van der Waals surface area contributed by atoms with Gasteiger partial charge in [0.05, 0.1) is 10.6 Å². The standard InChI is InChI=1S/C13H10N6S2/c14-6-8-9(15)10(20-11(8)16)12-18-19-13(21-12)17-7-4-2-1-3-5-7/h1-5H,15-16H2,(H,17,19). The molecule has 2 heterocycles. The van der Waals surface area contributed by atoms with Crippen LogP contribution in [-0.2, 0) is 0 Å². The summed E-state index contributed by atoms with van der Waals surface area (Å²) in [5.41, 5.74) is 13.3. The van der Waals surface area contributed by atoms with Gasteiger partial charge >= 0.3 is 0 Å². The molecule has 21 heavy (non-hydrogen) atoms. The Bertz CT molecular complexity index is 815. The first-order valence-corrected chi connectivity index (χ1v) is 7.56. The second-order valence-corrected chi connectivity index (χ2v) is 6.13. The predicted octanol–water partition coefficient (Wildman–Crippen LogP) is 3.05. The Kier molecular flexibility index (Phi) is 3.43. The number of nitrogen functional groups attached to an aromatic ring is 2. The van der Waals surface area contributed by atoms with E-state index in [1.807, 2.05) is 36.4 Å². The SMILES string of the molecule is N#Cc1c(N)sc(-c2nnc(Nc3ccccc3)s2)c1N. The van der Waals surface area contributed by atoms with E-state index in [4.69, 9.17) is 16.7 Å². The van der Waals surface area contributed by atoms with E-state index in [-0.39, 0.29) is 0 Å². The number of thiophene rings is 1. The highest BCUT2D eigenvalue weighted by Crippen LogP contribution is 2.42. The summed E-state index contributed by atoms with van der Waals surface area (Å²) in [6.45, 7) is 0. The number of para-hydroxylation sites is 1. The van der Waals surface area contributed by atoms with E-state index in [1.165, 1.54) is 22.7 Å². The lowest BCUT2D eigenvalue weighted by molar-refractivity contribution is 1.10. The van der Waals surface area contributed by atoms with Gasteiger partial charge in [-0.25, -0.2) is 0 Å². The van der Waals surface area contributed by atoms with Crippen molar-refractivity contribution in [3.63, 3.8) is 0 Å². The van der Waals surface area contributed by atoms with Crippen LogP contribution in [0.1, 0.15) is 5.56 Å². The van der Waals surface area contributed by atoms with Gasteiger partial charge in [0.15, 0.2) is 5.01 Å². The molecular formula is C13H10N6S2. The van der Waals surface area contributed by atoms with Crippen LogP contribution in [0.25, 0.3) is 9.88 Å².